The molecule has 2 aliphatic rings. The Kier molecular flexibility index (Phi) is 4.75. The maximum absolute atomic E-state index is 3.35. The molecule has 2 aliphatic heterocycles. The van der Waals surface area contributed by atoms with E-state index in [1.54, 1.807) is 0 Å². The molecule has 15 heavy (non-hydrogen) atoms. The highest BCUT2D eigenvalue weighted by atomic mass is 32.2. The van der Waals surface area contributed by atoms with Crippen LogP contribution in [0.3, 0.4) is 0 Å². The average molecular weight is 229 g/mol. The first kappa shape index (κ1) is 11.7. The molecule has 1 N–H and O–H groups in total. The number of nitrogens with zero attached hydrogens (tertiary/aromatic N) is 2. The molecule has 0 aromatic heterocycles. The van der Waals surface area contributed by atoms with Crippen molar-refractivity contribution in [3.63, 3.8) is 0 Å². The molecule has 2 rings (SSSR count). The Morgan fingerprint density at radius 3 is 2.47 bits per heavy atom. The van der Waals surface area contributed by atoms with Gasteiger partial charge in [-0.25, -0.2) is 0 Å². The van der Waals surface area contributed by atoms with E-state index in [9.17, 15) is 0 Å². The van der Waals surface area contributed by atoms with Gasteiger partial charge in [0, 0.05) is 57.6 Å². The third-order valence-electron chi connectivity index (χ3n) is 3.44. The van der Waals surface area contributed by atoms with E-state index in [-0.39, 0.29) is 0 Å². The lowest BCUT2D eigenvalue weighted by atomic mass is 10.1. The first-order valence-electron chi connectivity index (χ1n) is 6.15. The van der Waals surface area contributed by atoms with Crippen molar-refractivity contribution >= 4 is 11.8 Å². The summed E-state index contributed by atoms with van der Waals surface area (Å²) in [6.45, 7) is 11.1. The Hall–Kier alpha value is 0.230. The second-order valence-electron chi connectivity index (χ2n) is 4.39. The van der Waals surface area contributed by atoms with Crippen LogP contribution in [0, 0.1) is 0 Å². The Bertz CT molecular complexity index is 177. The van der Waals surface area contributed by atoms with Crippen LogP contribution in [0.1, 0.15) is 6.92 Å². The molecule has 2 heterocycles. The van der Waals surface area contributed by atoms with Crippen LogP contribution in [0.25, 0.3) is 0 Å². The number of piperazine rings is 1. The Morgan fingerprint density at radius 2 is 1.93 bits per heavy atom. The minimum atomic E-state index is 0.845. The third kappa shape index (κ3) is 3.34. The van der Waals surface area contributed by atoms with E-state index in [2.05, 4.69) is 33.8 Å². The van der Waals surface area contributed by atoms with Crippen molar-refractivity contribution in [1.29, 1.82) is 0 Å². The minimum absolute atomic E-state index is 0.845. The number of hydrogen-bond donors (Lipinski definition) is 1. The Balaban J connectivity index is 1.59. The molecule has 0 spiro atoms. The van der Waals surface area contributed by atoms with Crippen LogP contribution in [0.2, 0.25) is 0 Å². The van der Waals surface area contributed by atoms with Crippen molar-refractivity contribution in [2.45, 2.75) is 13.0 Å². The highest BCUT2D eigenvalue weighted by Crippen LogP contribution is 2.10. The SMILES string of the molecule is CCSCCN1CCN(C2CNC2)CC1. The van der Waals surface area contributed by atoms with Gasteiger partial charge in [0.2, 0.25) is 0 Å². The van der Waals surface area contributed by atoms with Gasteiger partial charge in [0.1, 0.15) is 0 Å². The summed E-state index contributed by atoms with van der Waals surface area (Å²) in [4.78, 5) is 5.27. The molecule has 0 saturated carbocycles. The summed E-state index contributed by atoms with van der Waals surface area (Å²) in [7, 11) is 0. The topological polar surface area (TPSA) is 18.5 Å². The number of hydrogen-bond acceptors (Lipinski definition) is 4. The van der Waals surface area contributed by atoms with Crippen molar-refractivity contribution in [3.05, 3.63) is 0 Å². The smallest absolute Gasteiger partial charge is 0.0346 e. The van der Waals surface area contributed by atoms with Crippen LogP contribution in [-0.2, 0) is 0 Å². The summed E-state index contributed by atoms with van der Waals surface area (Å²) >= 11 is 2.06. The molecule has 4 heteroatoms. The molecule has 0 unspecified atom stereocenters. The molecule has 0 aromatic rings. The van der Waals surface area contributed by atoms with E-state index in [1.807, 2.05) is 0 Å². The fourth-order valence-electron chi connectivity index (χ4n) is 2.22. The van der Waals surface area contributed by atoms with Crippen molar-refractivity contribution in [3.8, 4) is 0 Å². The van der Waals surface area contributed by atoms with Crippen molar-refractivity contribution in [2.24, 2.45) is 0 Å². The molecule has 0 bridgehead atoms. The van der Waals surface area contributed by atoms with Crippen LogP contribution in [-0.4, -0.2) is 73.2 Å². The predicted octanol–water partition coefficient (Wildman–Crippen LogP) is 0.329. The van der Waals surface area contributed by atoms with Crippen LogP contribution >= 0.6 is 11.8 Å². The molecule has 88 valence electrons. The van der Waals surface area contributed by atoms with Crippen molar-refractivity contribution in [2.75, 3.05) is 57.3 Å². The molecule has 2 fully saturated rings. The average Bonchev–Trinajstić information content (AvgIpc) is 2.18. The summed E-state index contributed by atoms with van der Waals surface area (Å²) in [6.07, 6.45) is 0. The lowest BCUT2D eigenvalue weighted by Crippen LogP contribution is -2.61. The quantitative estimate of drug-likeness (QED) is 0.685. The van der Waals surface area contributed by atoms with Gasteiger partial charge in [-0.05, 0) is 5.75 Å². The number of thioether (sulfide) groups is 1. The van der Waals surface area contributed by atoms with E-state index < -0.39 is 0 Å². The molecule has 3 nitrogen and oxygen atoms in total. The summed E-state index contributed by atoms with van der Waals surface area (Å²) in [6, 6.07) is 0.845. The van der Waals surface area contributed by atoms with E-state index in [1.165, 1.54) is 57.3 Å². The first-order valence-corrected chi connectivity index (χ1v) is 7.30. The van der Waals surface area contributed by atoms with Gasteiger partial charge in [0.15, 0.2) is 0 Å². The van der Waals surface area contributed by atoms with Crippen LogP contribution in [0.5, 0.6) is 0 Å². The van der Waals surface area contributed by atoms with E-state index in [0.717, 1.165) is 6.04 Å². The molecule has 0 radical (unpaired) electrons. The zero-order valence-electron chi connectivity index (χ0n) is 9.74. The van der Waals surface area contributed by atoms with Crippen LogP contribution in [0.15, 0.2) is 0 Å². The highest BCUT2D eigenvalue weighted by Gasteiger charge is 2.27. The zero-order valence-corrected chi connectivity index (χ0v) is 10.6. The monoisotopic (exact) mass is 229 g/mol. The molecule has 0 aliphatic carbocycles. The van der Waals surface area contributed by atoms with Gasteiger partial charge in [-0.3, -0.25) is 9.80 Å². The van der Waals surface area contributed by atoms with Crippen molar-refractivity contribution in [1.82, 2.24) is 15.1 Å². The van der Waals surface area contributed by atoms with Gasteiger partial charge in [-0.1, -0.05) is 6.92 Å². The molecular formula is C11H23N3S. The first-order chi connectivity index (χ1) is 7.40. The third-order valence-corrected chi connectivity index (χ3v) is 4.32. The molecule has 0 atom stereocenters. The second-order valence-corrected chi connectivity index (χ2v) is 5.78. The highest BCUT2D eigenvalue weighted by molar-refractivity contribution is 7.99. The fraction of sp³-hybridized carbons (Fsp3) is 1.00. The lowest BCUT2D eigenvalue weighted by Gasteiger charge is -2.43. The van der Waals surface area contributed by atoms with Gasteiger partial charge in [-0.2, -0.15) is 11.8 Å². The van der Waals surface area contributed by atoms with E-state index in [4.69, 9.17) is 0 Å². The van der Waals surface area contributed by atoms with Gasteiger partial charge < -0.3 is 5.32 Å². The van der Waals surface area contributed by atoms with Gasteiger partial charge in [0.05, 0.1) is 0 Å². The number of nitrogens with one attached hydrogen (secondary N) is 1. The van der Waals surface area contributed by atoms with E-state index >= 15 is 0 Å². The zero-order chi connectivity index (χ0) is 10.5. The normalized spacial score (nSPS) is 25.4. The minimum Gasteiger partial charge on any atom is -0.314 e. The Morgan fingerprint density at radius 1 is 1.20 bits per heavy atom. The molecule has 2 saturated heterocycles. The predicted molar refractivity (Wildman–Crippen MR) is 67.7 cm³/mol. The molecular weight excluding hydrogens is 206 g/mol. The second kappa shape index (κ2) is 6.09. The fourth-order valence-corrected chi connectivity index (χ4v) is 2.90. The Labute approximate surface area is 97.6 Å². The van der Waals surface area contributed by atoms with Crippen LogP contribution in [0.4, 0.5) is 0 Å². The van der Waals surface area contributed by atoms with Gasteiger partial charge in [-0.15, -0.1) is 0 Å². The number of rotatable bonds is 5. The summed E-state index contributed by atoms with van der Waals surface area (Å²) in [5.74, 6) is 2.56. The van der Waals surface area contributed by atoms with Gasteiger partial charge in [0.25, 0.3) is 0 Å². The molecule has 0 amide bonds. The van der Waals surface area contributed by atoms with E-state index in [0.29, 0.717) is 0 Å². The largest absolute Gasteiger partial charge is 0.314 e. The maximum atomic E-state index is 3.35. The molecule has 0 aromatic carbocycles. The van der Waals surface area contributed by atoms with Crippen molar-refractivity contribution < 1.29 is 0 Å². The summed E-state index contributed by atoms with van der Waals surface area (Å²) in [5.41, 5.74) is 0. The van der Waals surface area contributed by atoms with Gasteiger partial charge >= 0.3 is 0 Å². The maximum Gasteiger partial charge on any atom is 0.0346 e. The lowest BCUT2D eigenvalue weighted by molar-refractivity contribution is 0.0759. The summed E-state index contributed by atoms with van der Waals surface area (Å²) in [5, 5.41) is 3.35. The van der Waals surface area contributed by atoms with Crippen LogP contribution < -0.4 is 5.32 Å². The summed E-state index contributed by atoms with van der Waals surface area (Å²) < 4.78 is 0. The standard InChI is InChI=1S/C11H23N3S/c1-2-15-8-7-13-3-5-14(6-4-13)11-9-12-10-11/h11-12H,2-10H2,1H3.